The van der Waals surface area contributed by atoms with E-state index in [1.165, 1.54) is 25.7 Å². The highest BCUT2D eigenvalue weighted by molar-refractivity contribution is 5.84. The Morgan fingerprint density at radius 3 is 2.62 bits per heavy atom. The minimum Gasteiger partial charge on any atom is -0.361 e. The molecule has 6 nitrogen and oxygen atoms in total. The second-order valence-corrected chi connectivity index (χ2v) is 9.81. The number of hydrogen-bond acceptors (Lipinski definition) is 4. The lowest BCUT2D eigenvalue weighted by Crippen LogP contribution is -2.54. The van der Waals surface area contributed by atoms with Gasteiger partial charge in [-0.3, -0.25) is 9.59 Å². The summed E-state index contributed by atoms with van der Waals surface area (Å²) >= 11 is 0. The molecule has 32 heavy (non-hydrogen) atoms. The van der Waals surface area contributed by atoms with E-state index in [4.69, 9.17) is 4.52 Å². The van der Waals surface area contributed by atoms with Crippen LogP contribution in [0.5, 0.6) is 0 Å². The maximum atomic E-state index is 13.4. The van der Waals surface area contributed by atoms with Crippen LogP contribution in [-0.2, 0) is 16.0 Å². The standard InChI is InChI=1S/C26H35N3O3/c1-28(2)25(31)26(18-22-17-23(27-32-22)21-11-4-3-5-12-21)15-8-16-29(19-26)24(30)14-13-20-9-6-7-10-20/h3-5,11-12,17,20H,6-10,13-16,18-19H2,1-2H3/t26-/m1/s1. The molecule has 0 bridgehead atoms. The lowest BCUT2D eigenvalue weighted by molar-refractivity contribution is -0.147. The molecular formula is C26H35N3O3. The smallest absolute Gasteiger partial charge is 0.230 e. The van der Waals surface area contributed by atoms with Crippen LogP contribution in [0.3, 0.4) is 0 Å². The number of rotatable bonds is 7. The van der Waals surface area contributed by atoms with E-state index >= 15 is 0 Å². The summed E-state index contributed by atoms with van der Waals surface area (Å²) in [7, 11) is 3.58. The van der Waals surface area contributed by atoms with Crippen molar-refractivity contribution < 1.29 is 14.1 Å². The fourth-order valence-corrected chi connectivity index (χ4v) is 5.47. The molecule has 2 fully saturated rings. The van der Waals surface area contributed by atoms with E-state index in [1.807, 2.05) is 41.3 Å². The first kappa shape index (κ1) is 22.6. The van der Waals surface area contributed by atoms with E-state index in [1.54, 1.807) is 19.0 Å². The zero-order valence-electron chi connectivity index (χ0n) is 19.4. The summed E-state index contributed by atoms with van der Waals surface area (Å²) in [6.45, 7) is 1.19. The maximum absolute atomic E-state index is 13.4. The second kappa shape index (κ2) is 9.88. The van der Waals surface area contributed by atoms with Gasteiger partial charge in [0.05, 0.1) is 5.41 Å². The van der Waals surface area contributed by atoms with E-state index in [9.17, 15) is 9.59 Å². The van der Waals surface area contributed by atoms with Gasteiger partial charge in [-0.15, -0.1) is 0 Å². The molecule has 1 atom stereocenters. The Bertz CT molecular complexity index is 917. The van der Waals surface area contributed by atoms with Gasteiger partial charge in [0.1, 0.15) is 11.5 Å². The van der Waals surface area contributed by atoms with E-state index < -0.39 is 5.41 Å². The van der Waals surface area contributed by atoms with Crippen LogP contribution in [0.4, 0.5) is 0 Å². The molecule has 172 valence electrons. The number of piperidine rings is 1. The first-order valence-electron chi connectivity index (χ1n) is 12.0. The molecule has 1 aliphatic carbocycles. The van der Waals surface area contributed by atoms with Crippen molar-refractivity contribution in [1.82, 2.24) is 15.0 Å². The highest BCUT2D eigenvalue weighted by atomic mass is 16.5. The van der Waals surface area contributed by atoms with Crippen LogP contribution in [0.2, 0.25) is 0 Å². The van der Waals surface area contributed by atoms with Crippen molar-refractivity contribution in [3.8, 4) is 11.3 Å². The summed E-state index contributed by atoms with van der Waals surface area (Å²) < 4.78 is 5.66. The van der Waals surface area contributed by atoms with Gasteiger partial charge in [-0.05, 0) is 25.2 Å². The van der Waals surface area contributed by atoms with Gasteiger partial charge in [0.15, 0.2) is 0 Å². The van der Waals surface area contributed by atoms with Gasteiger partial charge in [-0.2, -0.15) is 0 Å². The van der Waals surface area contributed by atoms with Gasteiger partial charge >= 0.3 is 0 Å². The molecule has 1 aliphatic heterocycles. The quantitative estimate of drug-likeness (QED) is 0.637. The SMILES string of the molecule is CN(C)C(=O)[C@@]1(Cc2cc(-c3ccccc3)no2)CCCN(C(=O)CCC2CCCC2)C1. The number of hydrogen-bond donors (Lipinski definition) is 0. The number of aromatic nitrogens is 1. The zero-order chi connectivity index (χ0) is 22.6. The Labute approximate surface area is 190 Å². The third-order valence-electron chi connectivity index (χ3n) is 7.17. The summed E-state index contributed by atoms with van der Waals surface area (Å²) in [6, 6.07) is 11.8. The van der Waals surface area contributed by atoms with Crippen molar-refractivity contribution >= 4 is 11.8 Å². The van der Waals surface area contributed by atoms with Gasteiger partial charge in [0.2, 0.25) is 11.8 Å². The normalized spacial score (nSPS) is 21.6. The van der Waals surface area contributed by atoms with E-state index in [2.05, 4.69) is 5.16 Å². The monoisotopic (exact) mass is 437 g/mol. The Kier molecular flexibility index (Phi) is 6.97. The fraction of sp³-hybridized carbons (Fsp3) is 0.577. The molecule has 2 aliphatic rings. The van der Waals surface area contributed by atoms with Crippen LogP contribution in [0.15, 0.2) is 40.9 Å². The Morgan fingerprint density at radius 1 is 1.16 bits per heavy atom. The molecule has 0 radical (unpaired) electrons. The number of benzene rings is 1. The predicted molar refractivity (Wildman–Crippen MR) is 124 cm³/mol. The van der Waals surface area contributed by atoms with Gasteiger partial charge in [-0.25, -0.2) is 0 Å². The molecule has 1 aromatic carbocycles. The lowest BCUT2D eigenvalue weighted by Gasteiger charge is -2.42. The number of carbonyl (C=O) groups is 2. The molecule has 0 N–H and O–H groups in total. The van der Waals surface area contributed by atoms with Gasteiger partial charge in [0.25, 0.3) is 0 Å². The Balaban J connectivity index is 1.49. The minimum atomic E-state index is -0.668. The third kappa shape index (κ3) is 5.05. The molecule has 6 heteroatoms. The van der Waals surface area contributed by atoms with Crippen molar-refractivity contribution in [3.05, 3.63) is 42.2 Å². The average Bonchev–Trinajstić information content (AvgIpc) is 3.50. The second-order valence-electron chi connectivity index (χ2n) is 9.81. The predicted octanol–water partition coefficient (Wildman–Crippen LogP) is 4.55. The summed E-state index contributed by atoms with van der Waals surface area (Å²) in [5.41, 5.74) is 1.09. The largest absolute Gasteiger partial charge is 0.361 e. The average molecular weight is 438 g/mol. The zero-order valence-corrected chi connectivity index (χ0v) is 19.4. The van der Waals surface area contributed by atoms with Crippen molar-refractivity contribution in [3.63, 3.8) is 0 Å². The maximum Gasteiger partial charge on any atom is 0.230 e. The van der Waals surface area contributed by atoms with Crippen molar-refractivity contribution in [1.29, 1.82) is 0 Å². The van der Waals surface area contributed by atoms with Gasteiger partial charge in [-0.1, -0.05) is 61.2 Å². The number of amides is 2. The summed E-state index contributed by atoms with van der Waals surface area (Å²) in [5, 5.41) is 4.23. The molecule has 4 rings (SSSR count). The van der Waals surface area contributed by atoms with E-state index in [0.717, 1.165) is 37.1 Å². The van der Waals surface area contributed by atoms with Gasteiger partial charge in [0, 0.05) is 51.7 Å². The topological polar surface area (TPSA) is 66.7 Å². The van der Waals surface area contributed by atoms with E-state index in [-0.39, 0.29) is 11.8 Å². The summed E-state index contributed by atoms with van der Waals surface area (Å²) in [6.07, 6.45) is 8.71. The Morgan fingerprint density at radius 2 is 1.91 bits per heavy atom. The van der Waals surface area contributed by atoms with Crippen LogP contribution in [0.25, 0.3) is 11.3 Å². The molecule has 1 aromatic heterocycles. The van der Waals surface area contributed by atoms with Crippen LogP contribution in [0.1, 0.15) is 57.1 Å². The number of nitrogens with zero attached hydrogens (tertiary/aromatic N) is 3. The van der Waals surface area contributed by atoms with Crippen LogP contribution < -0.4 is 0 Å². The molecule has 0 unspecified atom stereocenters. The first-order valence-corrected chi connectivity index (χ1v) is 12.0. The highest BCUT2D eigenvalue weighted by Crippen LogP contribution is 2.37. The molecule has 2 aromatic rings. The van der Waals surface area contributed by atoms with Crippen molar-refractivity contribution in [2.45, 2.75) is 57.8 Å². The van der Waals surface area contributed by atoms with Crippen molar-refractivity contribution in [2.24, 2.45) is 11.3 Å². The number of carbonyl (C=O) groups excluding carboxylic acids is 2. The molecule has 2 heterocycles. The van der Waals surface area contributed by atoms with Gasteiger partial charge < -0.3 is 14.3 Å². The molecule has 2 amide bonds. The summed E-state index contributed by atoms with van der Waals surface area (Å²) in [5.74, 6) is 1.64. The number of likely N-dealkylation sites (tertiary alicyclic amines) is 1. The summed E-state index contributed by atoms with van der Waals surface area (Å²) in [4.78, 5) is 30.0. The van der Waals surface area contributed by atoms with Crippen LogP contribution in [-0.4, -0.2) is 54.0 Å². The van der Waals surface area contributed by atoms with E-state index in [0.29, 0.717) is 31.1 Å². The van der Waals surface area contributed by atoms with Crippen molar-refractivity contribution in [2.75, 3.05) is 27.2 Å². The highest BCUT2D eigenvalue weighted by Gasteiger charge is 2.45. The molecule has 1 saturated heterocycles. The molecule has 0 spiro atoms. The fourth-order valence-electron chi connectivity index (χ4n) is 5.47. The Hall–Kier alpha value is -2.63. The molecule has 1 saturated carbocycles. The van der Waals surface area contributed by atoms with Crippen LogP contribution in [0, 0.1) is 11.3 Å². The third-order valence-corrected chi connectivity index (χ3v) is 7.17. The molecular weight excluding hydrogens is 402 g/mol. The van der Waals surface area contributed by atoms with Crippen LogP contribution >= 0.6 is 0 Å². The lowest BCUT2D eigenvalue weighted by atomic mass is 9.75. The minimum absolute atomic E-state index is 0.0588. The first-order chi connectivity index (χ1) is 15.5.